The van der Waals surface area contributed by atoms with Crippen molar-refractivity contribution < 1.29 is 0 Å². The zero-order valence-corrected chi connectivity index (χ0v) is 12.4. The lowest BCUT2D eigenvalue weighted by atomic mass is 10.0. The normalized spacial score (nSPS) is 18.0. The van der Waals surface area contributed by atoms with Crippen LogP contribution in [0.5, 0.6) is 0 Å². The van der Waals surface area contributed by atoms with Crippen molar-refractivity contribution >= 4 is 0 Å². The maximum Gasteiger partial charge on any atom is 0.0640 e. The van der Waals surface area contributed by atoms with Crippen LogP contribution >= 0.6 is 0 Å². The van der Waals surface area contributed by atoms with Gasteiger partial charge >= 0.3 is 0 Å². The van der Waals surface area contributed by atoms with Crippen LogP contribution in [0.2, 0.25) is 0 Å². The molecule has 0 aromatic carbocycles. The van der Waals surface area contributed by atoms with Gasteiger partial charge < -0.3 is 5.73 Å². The molecule has 1 aromatic rings. The number of nitrogens with two attached hydrogens (primary N) is 1. The Labute approximate surface area is 117 Å². The van der Waals surface area contributed by atoms with Crippen molar-refractivity contribution in [3.8, 4) is 0 Å². The largest absolute Gasteiger partial charge is 0.327 e. The second-order valence-electron chi connectivity index (χ2n) is 6.04. The molecule has 1 aliphatic carbocycles. The van der Waals surface area contributed by atoms with Crippen LogP contribution in [-0.4, -0.2) is 15.8 Å². The number of rotatable bonds is 8. The third-order valence-corrected chi connectivity index (χ3v) is 4.26. The second-order valence-corrected chi connectivity index (χ2v) is 6.04. The lowest BCUT2D eigenvalue weighted by molar-refractivity contribution is 0.458. The van der Waals surface area contributed by atoms with Gasteiger partial charge in [0.1, 0.15) is 0 Å². The Morgan fingerprint density at radius 2 is 2.11 bits per heavy atom. The van der Waals surface area contributed by atoms with E-state index in [2.05, 4.69) is 23.9 Å². The molecule has 1 atom stereocenters. The number of hydrogen-bond donors (Lipinski definition) is 1. The molecular weight excluding hydrogens is 234 g/mol. The van der Waals surface area contributed by atoms with Crippen LogP contribution in [0.3, 0.4) is 0 Å². The fourth-order valence-electron chi connectivity index (χ4n) is 3.06. The number of unbranched alkanes of at least 4 members (excludes halogenated alkanes) is 3. The minimum atomic E-state index is 0.281. The Balaban J connectivity index is 1.72. The van der Waals surface area contributed by atoms with Crippen LogP contribution in [0.4, 0.5) is 0 Å². The summed E-state index contributed by atoms with van der Waals surface area (Å²) in [7, 11) is 0. The topological polar surface area (TPSA) is 43.8 Å². The SMILES string of the molecule is CCCCCCC(N)Cc1ccn(C2CCCC2)n1. The van der Waals surface area contributed by atoms with E-state index in [1.165, 1.54) is 57.1 Å². The van der Waals surface area contributed by atoms with Crippen molar-refractivity contribution in [1.82, 2.24) is 9.78 Å². The molecule has 2 rings (SSSR count). The summed E-state index contributed by atoms with van der Waals surface area (Å²) in [5.41, 5.74) is 7.38. The summed E-state index contributed by atoms with van der Waals surface area (Å²) in [4.78, 5) is 0. The molecule has 0 amide bonds. The summed E-state index contributed by atoms with van der Waals surface area (Å²) in [6.45, 7) is 2.25. The molecule has 0 radical (unpaired) electrons. The van der Waals surface area contributed by atoms with Gasteiger partial charge in [0.25, 0.3) is 0 Å². The lowest BCUT2D eigenvalue weighted by Gasteiger charge is -2.11. The van der Waals surface area contributed by atoms with E-state index in [-0.39, 0.29) is 6.04 Å². The van der Waals surface area contributed by atoms with E-state index in [9.17, 15) is 0 Å². The molecule has 1 unspecified atom stereocenters. The molecule has 19 heavy (non-hydrogen) atoms. The zero-order valence-electron chi connectivity index (χ0n) is 12.4. The van der Waals surface area contributed by atoms with E-state index in [1.807, 2.05) is 0 Å². The highest BCUT2D eigenvalue weighted by Crippen LogP contribution is 2.28. The van der Waals surface area contributed by atoms with Crippen molar-refractivity contribution in [3.63, 3.8) is 0 Å². The molecule has 1 fully saturated rings. The van der Waals surface area contributed by atoms with E-state index in [0.717, 1.165) is 12.8 Å². The maximum absolute atomic E-state index is 6.20. The van der Waals surface area contributed by atoms with Gasteiger partial charge in [-0.25, -0.2) is 0 Å². The van der Waals surface area contributed by atoms with Gasteiger partial charge in [-0.15, -0.1) is 0 Å². The molecule has 3 nitrogen and oxygen atoms in total. The first-order valence-corrected chi connectivity index (χ1v) is 8.09. The second kappa shape index (κ2) is 7.68. The molecule has 0 aliphatic heterocycles. The smallest absolute Gasteiger partial charge is 0.0640 e. The summed E-state index contributed by atoms with van der Waals surface area (Å²) in [6.07, 6.45) is 14.7. The van der Waals surface area contributed by atoms with Gasteiger partial charge in [-0.2, -0.15) is 5.10 Å². The van der Waals surface area contributed by atoms with Crippen LogP contribution in [0.25, 0.3) is 0 Å². The average Bonchev–Trinajstić information content (AvgIpc) is 3.04. The Morgan fingerprint density at radius 1 is 1.32 bits per heavy atom. The molecule has 108 valence electrons. The predicted molar refractivity (Wildman–Crippen MR) is 80.2 cm³/mol. The van der Waals surface area contributed by atoms with Gasteiger partial charge in [0, 0.05) is 18.7 Å². The lowest BCUT2D eigenvalue weighted by Crippen LogP contribution is -2.23. The predicted octanol–water partition coefficient (Wildman–Crippen LogP) is 3.84. The molecule has 1 aromatic heterocycles. The Bertz CT molecular complexity index is 353. The van der Waals surface area contributed by atoms with Crippen molar-refractivity contribution in [2.24, 2.45) is 5.73 Å². The van der Waals surface area contributed by atoms with Crippen molar-refractivity contribution in [1.29, 1.82) is 0 Å². The fourth-order valence-corrected chi connectivity index (χ4v) is 3.06. The molecule has 1 saturated carbocycles. The van der Waals surface area contributed by atoms with Gasteiger partial charge in [0.05, 0.1) is 11.7 Å². The van der Waals surface area contributed by atoms with Crippen LogP contribution in [0, 0.1) is 0 Å². The highest BCUT2D eigenvalue weighted by Gasteiger charge is 2.17. The molecule has 0 bridgehead atoms. The number of aromatic nitrogens is 2. The third-order valence-electron chi connectivity index (χ3n) is 4.26. The number of nitrogens with zero attached hydrogens (tertiary/aromatic N) is 2. The van der Waals surface area contributed by atoms with Crippen LogP contribution in [0.1, 0.15) is 76.4 Å². The van der Waals surface area contributed by atoms with E-state index in [4.69, 9.17) is 10.8 Å². The molecule has 1 heterocycles. The quantitative estimate of drug-likeness (QED) is 0.724. The Hall–Kier alpha value is -0.830. The summed E-state index contributed by atoms with van der Waals surface area (Å²) in [6, 6.07) is 3.09. The minimum absolute atomic E-state index is 0.281. The average molecular weight is 263 g/mol. The van der Waals surface area contributed by atoms with Crippen molar-refractivity contribution in [2.45, 2.75) is 83.2 Å². The first-order valence-electron chi connectivity index (χ1n) is 8.09. The molecular formula is C16H29N3. The Morgan fingerprint density at radius 3 is 2.84 bits per heavy atom. The van der Waals surface area contributed by atoms with Crippen LogP contribution < -0.4 is 5.73 Å². The maximum atomic E-state index is 6.20. The van der Waals surface area contributed by atoms with Crippen molar-refractivity contribution in [2.75, 3.05) is 0 Å². The zero-order chi connectivity index (χ0) is 13.5. The molecule has 3 heteroatoms. The van der Waals surface area contributed by atoms with E-state index in [1.54, 1.807) is 0 Å². The highest BCUT2D eigenvalue weighted by molar-refractivity contribution is 5.02. The standard InChI is InChI=1S/C16H29N3/c1-2-3-4-5-8-14(17)13-15-11-12-19(18-15)16-9-6-7-10-16/h11-12,14,16H,2-10,13,17H2,1H3. The Kier molecular flexibility index (Phi) is 5.90. The molecule has 0 spiro atoms. The monoisotopic (exact) mass is 263 g/mol. The van der Waals surface area contributed by atoms with E-state index >= 15 is 0 Å². The molecule has 2 N–H and O–H groups in total. The molecule has 1 aliphatic rings. The summed E-state index contributed by atoms with van der Waals surface area (Å²) in [5, 5.41) is 4.71. The van der Waals surface area contributed by atoms with Crippen molar-refractivity contribution in [3.05, 3.63) is 18.0 Å². The van der Waals surface area contributed by atoms with Crippen LogP contribution in [0.15, 0.2) is 12.3 Å². The van der Waals surface area contributed by atoms with Gasteiger partial charge in [0.15, 0.2) is 0 Å². The van der Waals surface area contributed by atoms with Gasteiger partial charge in [-0.3, -0.25) is 4.68 Å². The minimum Gasteiger partial charge on any atom is -0.327 e. The summed E-state index contributed by atoms with van der Waals surface area (Å²) >= 11 is 0. The van der Waals surface area contributed by atoms with Gasteiger partial charge in [0.2, 0.25) is 0 Å². The number of hydrogen-bond acceptors (Lipinski definition) is 2. The van der Waals surface area contributed by atoms with Gasteiger partial charge in [-0.1, -0.05) is 45.4 Å². The first-order chi connectivity index (χ1) is 9.29. The first kappa shape index (κ1) is 14.6. The van der Waals surface area contributed by atoms with E-state index < -0.39 is 0 Å². The highest BCUT2D eigenvalue weighted by atomic mass is 15.3. The third kappa shape index (κ3) is 4.64. The summed E-state index contributed by atoms with van der Waals surface area (Å²) in [5.74, 6) is 0. The van der Waals surface area contributed by atoms with Gasteiger partial charge in [-0.05, 0) is 25.3 Å². The molecule has 0 saturated heterocycles. The van der Waals surface area contributed by atoms with E-state index in [0.29, 0.717) is 6.04 Å². The fraction of sp³-hybridized carbons (Fsp3) is 0.812. The van der Waals surface area contributed by atoms with Crippen LogP contribution in [-0.2, 0) is 6.42 Å². The summed E-state index contributed by atoms with van der Waals surface area (Å²) < 4.78 is 2.17.